The number of anilines is 1. The number of hydrogen-bond donors (Lipinski definition) is 1. The van der Waals surface area contributed by atoms with Crippen LogP contribution in [0.15, 0.2) is 18.5 Å². The van der Waals surface area contributed by atoms with Gasteiger partial charge in [0.25, 0.3) is 0 Å². The Hall–Kier alpha value is -1.29. The SMILES string of the molecule is CCCNc1cncc(OCCOCCC)c1. The molecule has 1 aromatic heterocycles. The lowest BCUT2D eigenvalue weighted by Crippen LogP contribution is -2.07. The van der Waals surface area contributed by atoms with Gasteiger partial charge >= 0.3 is 0 Å². The van der Waals surface area contributed by atoms with Crippen LogP contribution in [0.3, 0.4) is 0 Å². The first-order valence-corrected chi connectivity index (χ1v) is 6.26. The van der Waals surface area contributed by atoms with Crippen molar-refractivity contribution >= 4 is 5.69 Å². The monoisotopic (exact) mass is 238 g/mol. The lowest BCUT2D eigenvalue weighted by atomic mass is 10.4. The molecule has 0 bridgehead atoms. The molecule has 4 heteroatoms. The summed E-state index contributed by atoms with van der Waals surface area (Å²) in [6.45, 7) is 7.16. The van der Waals surface area contributed by atoms with Crippen LogP contribution in [0.1, 0.15) is 26.7 Å². The fourth-order valence-electron chi connectivity index (χ4n) is 1.33. The van der Waals surface area contributed by atoms with Crippen LogP contribution in [0.5, 0.6) is 5.75 Å². The molecule has 0 saturated carbocycles. The molecule has 96 valence electrons. The Morgan fingerprint density at radius 3 is 2.76 bits per heavy atom. The molecule has 1 N–H and O–H groups in total. The van der Waals surface area contributed by atoms with E-state index in [1.54, 1.807) is 12.4 Å². The van der Waals surface area contributed by atoms with Crippen LogP contribution >= 0.6 is 0 Å². The van der Waals surface area contributed by atoms with E-state index >= 15 is 0 Å². The Morgan fingerprint density at radius 1 is 1.12 bits per heavy atom. The molecule has 0 unspecified atom stereocenters. The summed E-state index contributed by atoms with van der Waals surface area (Å²) in [5.74, 6) is 0.784. The van der Waals surface area contributed by atoms with E-state index in [4.69, 9.17) is 9.47 Å². The molecule has 0 aliphatic carbocycles. The van der Waals surface area contributed by atoms with Gasteiger partial charge in [0.05, 0.1) is 24.7 Å². The van der Waals surface area contributed by atoms with Crippen LogP contribution in [-0.4, -0.2) is 31.3 Å². The van der Waals surface area contributed by atoms with Gasteiger partial charge in [0.15, 0.2) is 0 Å². The predicted molar refractivity (Wildman–Crippen MR) is 69.6 cm³/mol. The van der Waals surface area contributed by atoms with Crippen LogP contribution in [-0.2, 0) is 4.74 Å². The van der Waals surface area contributed by atoms with Gasteiger partial charge < -0.3 is 14.8 Å². The molecular weight excluding hydrogens is 216 g/mol. The summed E-state index contributed by atoms with van der Waals surface area (Å²) in [7, 11) is 0. The first-order valence-electron chi connectivity index (χ1n) is 6.26. The minimum absolute atomic E-state index is 0.568. The number of ether oxygens (including phenoxy) is 2. The maximum atomic E-state index is 5.55. The third-order valence-electron chi connectivity index (χ3n) is 2.14. The highest BCUT2D eigenvalue weighted by Crippen LogP contribution is 2.14. The van der Waals surface area contributed by atoms with Crippen molar-refractivity contribution in [3.63, 3.8) is 0 Å². The number of rotatable bonds is 9. The van der Waals surface area contributed by atoms with E-state index in [0.717, 1.165) is 37.4 Å². The van der Waals surface area contributed by atoms with Gasteiger partial charge in [-0.3, -0.25) is 4.98 Å². The van der Waals surface area contributed by atoms with Crippen molar-refractivity contribution in [3.8, 4) is 5.75 Å². The normalized spacial score (nSPS) is 10.2. The molecule has 1 heterocycles. The Balaban J connectivity index is 2.27. The lowest BCUT2D eigenvalue weighted by molar-refractivity contribution is 0.100. The summed E-state index contributed by atoms with van der Waals surface area (Å²) in [6, 6.07) is 1.96. The number of aromatic nitrogens is 1. The molecule has 0 aliphatic rings. The predicted octanol–water partition coefficient (Wildman–Crippen LogP) is 2.71. The molecule has 1 aromatic rings. The average Bonchev–Trinajstić information content (AvgIpc) is 2.37. The van der Waals surface area contributed by atoms with Crippen molar-refractivity contribution in [2.24, 2.45) is 0 Å². The Morgan fingerprint density at radius 2 is 2.00 bits per heavy atom. The van der Waals surface area contributed by atoms with E-state index in [1.807, 2.05) is 6.07 Å². The minimum atomic E-state index is 0.568. The molecular formula is C13H22N2O2. The Kier molecular flexibility index (Phi) is 7.14. The Labute approximate surface area is 103 Å². The quantitative estimate of drug-likeness (QED) is 0.672. The summed E-state index contributed by atoms with van der Waals surface area (Å²) in [4.78, 5) is 4.12. The average molecular weight is 238 g/mol. The zero-order valence-corrected chi connectivity index (χ0v) is 10.7. The molecule has 0 saturated heterocycles. The van der Waals surface area contributed by atoms with E-state index < -0.39 is 0 Å². The van der Waals surface area contributed by atoms with Crippen LogP contribution < -0.4 is 10.1 Å². The smallest absolute Gasteiger partial charge is 0.139 e. The maximum absolute atomic E-state index is 5.55. The molecule has 0 atom stereocenters. The summed E-state index contributed by atoms with van der Waals surface area (Å²) in [5.41, 5.74) is 0.999. The van der Waals surface area contributed by atoms with Crippen molar-refractivity contribution in [1.29, 1.82) is 0 Å². The third kappa shape index (κ3) is 6.12. The van der Waals surface area contributed by atoms with Crippen LogP contribution in [0.25, 0.3) is 0 Å². The molecule has 0 aromatic carbocycles. The fraction of sp³-hybridized carbons (Fsp3) is 0.615. The third-order valence-corrected chi connectivity index (χ3v) is 2.14. The van der Waals surface area contributed by atoms with Crippen LogP contribution in [0.4, 0.5) is 5.69 Å². The summed E-state index contributed by atoms with van der Waals surface area (Å²) < 4.78 is 10.9. The zero-order valence-electron chi connectivity index (χ0n) is 10.7. The number of nitrogens with one attached hydrogen (secondary N) is 1. The molecule has 0 spiro atoms. The van der Waals surface area contributed by atoms with Gasteiger partial charge in [-0.05, 0) is 12.8 Å². The second-order valence-corrected chi connectivity index (χ2v) is 3.80. The topological polar surface area (TPSA) is 43.4 Å². The molecule has 1 rings (SSSR count). The largest absolute Gasteiger partial charge is 0.489 e. The minimum Gasteiger partial charge on any atom is -0.489 e. The van der Waals surface area contributed by atoms with E-state index in [1.165, 1.54) is 0 Å². The highest BCUT2D eigenvalue weighted by Gasteiger charge is 1.97. The van der Waals surface area contributed by atoms with Crippen LogP contribution in [0, 0.1) is 0 Å². The maximum Gasteiger partial charge on any atom is 0.139 e. The molecule has 0 fully saturated rings. The van der Waals surface area contributed by atoms with Gasteiger partial charge in [0.1, 0.15) is 12.4 Å². The van der Waals surface area contributed by atoms with E-state index in [2.05, 4.69) is 24.1 Å². The number of pyridine rings is 1. The summed E-state index contributed by atoms with van der Waals surface area (Å²) in [5, 5.41) is 3.27. The molecule has 4 nitrogen and oxygen atoms in total. The summed E-state index contributed by atoms with van der Waals surface area (Å²) >= 11 is 0. The highest BCUT2D eigenvalue weighted by atomic mass is 16.5. The zero-order chi connectivity index (χ0) is 12.3. The van der Waals surface area contributed by atoms with Gasteiger partial charge in [-0.1, -0.05) is 13.8 Å². The van der Waals surface area contributed by atoms with Crippen molar-refractivity contribution in [3.05, 3.63) is 18.5 Å². The van der Waals surface area contributed by atoms with Crippen molar-refractivity contribution in [1.82, 2.24) is 4.98 Å². The van der Waals surface area contributed by atoms with E-state index in [9.17, 15) is 0 Å². The van der Waals surface area contributed by atoms with Crippen molar-refractivity contribution in [2.75, 3.05) is 31.7 Å². The molecule has 0 amide bonds. The summed E-state index contributed by atoms with van der Waals surface area (Å²) in [6.07, 6.45) is 5.65. The van der Waals surface area contributed by atoms with Gasteiger partial charge in [0.2, 0.25) is 0 Å². The Bertz CT molecular complexity index is 305. The van der Waals surface area contributed by atoms with Gasteiger partial charge in [0, 0.05) is 19.2 Å². The van der Waals surface area contributed by atoms with Crippen molar-refractivity contribution in [2.45, 2.75) is 26.7 Å². The van der Waals surface area contributed by atoms with Gasteiger partial charge in [-0.25, -0.2) is 0 Å². The first-order chi connectivity index (χ1) is 8.36. The number of nitrogens with zero attached hydrogens (tertiary/aromatic N) is 1. The fourth-order valence-corrected chi connectivity index (χ4v) is 1.33. The first kappa shape index (κ1) is 13.8. The lowest BCUT2D eigenvalue weighted by Gasteiger charge is -2.08. The highest BCUT2D eigenvalue weighted by molar-refractivity contribution is 5.44. The van der Waals surface area contributed by atoms with Crippen molar-refractivity contribution < 1.29 is 9.47 Å². The number of hydrogen-bond acceptors (Lipinski definition) is 4. The second-order valence-electron chi connectivity index (χ2n) is 3.80. The van der Waals surface area contributed by atoms with Gasteiger partial charge in [-0.15, -0.1) is 0 Å². The van der Waals surface area contributed by atoms with E-state index in [0.29, 0.717) is 13.2 Å². The van der Waals surface area contributed by atoms with Gasteiger partial charge in [-0.2, -0.15) is 0 Å². The van der Waals surface area contributed by atoms with Crippen LogP contribution in [0.2, 0.25) is 0 Å². The molecule has 0 aliphatic heterocycles. The van der Waals surface area contributed by atoms with E-state index in [-0.39, 0.29) is 0 Å². The molecule has 17 heavy (non-hydrogen) atoms. The molecule has 0 radical (unpaired) electrons. The second kappa shape index (κ2) is 8.82. The standard InChI is InChI=1S/C13H22N2O2/c1-3-5-15-12-9-13(11-14-10-12)17-8-7-16-6-4-2/h9-11,15H,3-8H2,1-2H3.